The molecule has 0 saturated carbocycles. The molecule has 3 heteroatoms. The van der Waals surface area contributed by atoms with Crippen LogP contribution in [0.2, 0.25) is 0 Å². The van der Waals surface area contributed by atoms with E-state index in [-0.39, 0.29) is 23.2 Å². The van der Waals surface area contributed by atoms with E-state index in [4.69, 9.17) is 16.4 Å². The molecule has 0 heterocycles. The van der Waals surface area contributed by atoms with Crippen LogP contribution in [0, 0.1) is 0 Å². The summed E-state index contributed by atoms with van der Waals surface area (Å²) in [4.78, 5) is 8.92. The van der Waals surface area contributed by atoms with E-state index in [2.05, 4.69) is 0 Å². The number of alkyl halides is 1. The normalized spacial score (nSPS) is 5.00. The smallest absolute Gasteiger partial charge is 0 e. The summed E-state index contributed by atoms with van der Waals surface area (Å²) in [6.07, 6.45) is 1.45. The van der Waals surface area contributed by atoms with E-state index in [9.17, 15) is 0 Å². The number of halogens is 1. The van der Waals surface area contributed by atoms with Crippen LogP contribution >= 0.6 is 11.6 Å². The first kappa shape index (κ1) is 9.09. The largest absolute Gasteiger partial charge is 0.541 e. The van der Waals surface area contributed by atoms with Crippen molar-refractivity contribution in [2.75, 3.05) is 5.88 Å². The van der Waals surface area contributed by atoms with Gasteiger partial charge < -0.3 is 4.79 Å². The summed E-state index contributed by atoms with van der Waals surface area (Å²) in [6.45, 7) is 0. The molecule has 0 spiro atoms. The molecule has 0 N–H and O–H groups in total. The van der Waals surface area contributed by atoms with Crippen LogP contribution < -0.4 is 0 Å². The van der Waals surface area contributed by atoms with Gasteiger partial charge in [-0.05, 0) is 0 Å². The Kier molecular flexibility index (Phi) is 16.0. The van der Waals surface area contributed by atoms with Crippen LogP contribution in [0.25, 0.3) is 0 Å². The third-order valence-electron chi connectivity index (χ3n) is 0.0546. The molecule has 0 fully saturated rings. The van der Waals surface area contributed by atoms with Crippen LogP contribution in [0.4, 0.5) is 0 Å². The molecular weight excluding hydrogens is 127 g/mol. The maximum absolute atomic E-state index is 8.92. The second kappa shape index (κ2) is 8.82. The molecule has 0 rings (SSSR count). The zero-order chi connectivity index (χ0) is 3.41. The van der Waals surface area contributed by atoms with Crippen LogP contribution in [-0.4, -0.2) is 12.2 Å². The fraction of sp³-hybridized carbons (Fsp3) is 0.500. The Bertz CT molecular complexity index is 23.6. The fourth-order valence-electron chi connectivity index (χ4n) is 0. The number of hydrogen-bond donors (Lipinski definition) is 0. The van der Waals surface area contributed by atoms with Crippen molar-refractivity contribution in [1.29, 1.82) is 0 Å². The minimum atomic E-state index is -0.0139. The third kappa shape index (κ3) is 12.5. The first-order chi connectivity index (χ1) is 1.91. The molecule has 1 nitrogen and oxygen atoms in total. The Hall–Kier alpha value is 0.492. The van der Waals surface area contributed by atoms with Gasteiger partial charge in [0.15, 0.2) is 0 Å². The molecule has 5 heavy (non-hydrogen) atoms. The molecule has 0 atom stereocenters. The Morgan fingerprint density at radius 1 is 1.80 bits per heavy atom. The van der Waals surface area contributed by atoms with Gasteiger partial charge in [0.2, 0.25) is 0 Å². The average molecular weight is 129 g/mol. The number of rotatable bonds is 1. The van der Waals surface area contributed by atoms with Gasteiger partial charge in [0.25, 0.3) is 0 Å². The Balaban J connectivity index is 0. The van der Waals surface area contributed by atoms with E-state index in [1.807, 2.05) is 0 Å². The molecule has 0 aromatic carbocycles. The van der Waals surface area contributed by atoms with Gasteiger partial charge >= 0.3 is 0 Å². The summed E-state index contributed by atoms with van der Waals surface area (Å²) in [5.41, 5.74) is 0. The minimum Gasteiger partial charge on any atom is -0.541 e. The molecule has 0 amide bonds. The zero-order valence-corrected chi connectivity index (χ0v) is 4.43. The summed E-state index contributed by atoms with van der Waals surface area (Å²) in [7, 11) is 0. The molecule has 30 valence electrons. The zero-order valence-electron chi connectivity index (χ0n) is 2.40. The van der Waals surface area contributed by atoms with Crippen molar-refractivity contribution in [2.45, 2.75) is 0 Å². The maximum Gasteiger partial charge on any atom is 0 e. The molecule has 0 unspecified atom stereocenters. The molecule has 0 aliphatic heterocycles. The van der Waals surface area contributed by atoms with Gasteiger partial charge in [-0.15, -0.1) is 0 Å². The molecule has 0 bridgehead atoms. The minimum absolute atomic E-state index is 0. The monoisotopic (exact) mass is 129 g/mol. The topological polar surface area (TPSA) is 17.1 Å². The second-order valence-electron chi connectivity index (χ2n) is 0.278. The summed E-state index contributed by atoms with van der Waals surface area (Å²) in [5, 5.41) is 0. The Morgan fingerprint density at radius 2 is 2.00 bits per heavy atom. The summed E-state index contributed by atoms with van der Waals surface area (Å²) < 4.78 is 0. The van der Waals surface area contributed by atoms with Crippen molar-refractivity contribution in [1.82, 2.24) is 0 Å². The predicted octanol–water partition coefficient (Wildman–Crippen LogP) is 0.332. The van der Waals surface area contributed by atoms with Crippen molar-refractivity contribution in [2.24, 2.45) is 0 Å². The van der Waals surface area contributed by atoms with Crippen molar-refractivity contribution < 1.29 is 22.2 Å². The van der Waals surface area contributed by atoms with Gasteiger partial charge in [0, 0.05) is 17.4 Å². The van der Waals surface area contributed by atoms with Crippen molar-refractivity contribution in [3.63, 3.8) is 0 Å². The molecule has 0 radical (unpaired) electrons. The SMILES string of the molecule is O=[C-]CCl.[Cr]. The van der Waals surface area contributed by atoms with Crippen LogP contribution in [0.1, 0.15) is 0 Å². The molecule has 0 saturated heterocycles. The Labute approximate surface area is 46.4 Å². The average Bonchev–Trinajstić information content (AvgIpc) is 1.37. The van der Waals surface area contributed by atoms with E-state index < -0.39 is 0 Å². The van der Waals surface area contributed by atoms with E-state index in [0.717, 1.165) is 0 Å². The van der Waals surface area contributed by atoms with E-state index in [1.165, 1.54) is 6.29 Å². The quantitative estimate of drug-likeness (QED) is 0.368. The van der Waals surface area contributed by atoms with Crippen molar-refractivity contribution in [3.8, 4) is 0 Å². The van der Waals surface area contributed by atoms with E-state index in [0.29, 0.717) is 0 Å². The summed E-state index contributed by atoms with van der Waals surface area (Å²) in [6, 6.07) is 0. The van der Waals surface area contributed by atoms with Crippen molar-refractivity contribution in [3.05, 3.63) is 0 Å². The van der Waals surface area contributed by atoms with Crippen molar-refractivity contribution >= 4 is 17.9 Å². The number of hydrogen-bond acceptors (Lipinski definition) is 1. The van der Waals surface area contributed by atoms with Gasteiger partial charge in [-0.1, -0.05) is 5.88 Å². The predicted molar refractivity (Wildman–Crippen MR) is 16.4 cm³/mol. The van der Waals surface area contributed by atoms with Gasteiger partial charge in [0.05, 0.1) is 0 Å². The first-order valence-corrected chi connectivity index (χ1v) is 1.36. The van der Waals surface area contributed by atoms with Gasteiger partial charge in [-0.3, -0.25) is 0 Å². The van der Waals surface area contributed by atoms with Gasteiger partial charge in [-0.25, -0.2) is 6.29 Å². The van der Waals surface area contributed by atoms with E-state index in [1.54, 1.807) is 0 Å². The number of carbonyl (C=O) groups excluding carboxylic acids is 1. The summed E-state index contributed by atoms with van der Waals surface area (Å²) in [5.74, 6) is -0.0139. The molecule has 0 aromatic rings. The maximum atomic E-state index is 8.92. The van der Waals surface area contributed by atoms with Crippen LogP contribution in [-0.2, 0) is 22.2 Å². The van der Waals surface area contributed by atoms with Crippen LogP contribution in [0.15, 0.2) is 0 Å². The van der Waals surface area contributed by atoms with Gasteiger partial charge in [0.1, 0.15) is 0 Å². The van der Waals surface area contributed by atoms with E-state index >= 15 is 0 Å². The molecule has 0 aromatic heterocycles. The Morgan fingerprint density at radius 3 is 2.00 bits per heavy atom. The first-order valence-electron chi connectivity index (χ1n) is 0.825. The van der Waals surface area contributed by atoms with Crippen LogP contribution in [0.3, 0.4) is 0 Å². The standard InChI is InChI=1S/C2H2ClO.Cr/c3-1-2-4;/h1H2;/q-1;. The molecule has 0 aliphatic carbocycles. The fourth-order valence-corrected chi connectivity index (χ4v) is 0. The molecular formula is C2H2ClCrO-. The van der Waals surface area contributed by atoms with Gasteiger partial charge in [-0.2, -0.15) is 11.6 Å². The molecule has 0 aliphatic rings. The summed E-state index contributed by atoms with van der Waals surface area (Å²) >= 11 is 4.76. The third-order valence-corrected chi connectivity index (χ3v) is 0.164. The van der Waals surface area contributed by atoms with Crippen LogP contribution in [0.5, 0.6) is 0 Å². The second-order valence-corrected chi connectivity index (χ2v) is 0.545.